The van der Waals surface area contributed by atoms with Crippen LogP contribution in [0.15, 0.2) is 48.5 Å². The number of halogens is 1. The van der Waals surface area contributed by atoms with Gasteiger partial charge in [0.1, 0.15) is 11.6 Å². The van der Waals surface area contributed by atoms with Gasteiger partial charge >= 0.3 is 5.97 Å². The number of nitrogens with zero attached hydrogens (tertiary/aromatic N) is 1. The molecule has 0 saturated carbocycles. The topological polar surface area (TPSA) is 77.5 Å². The van der Waals surface area contributed by atoms with Gasteiger partial charge in [0.15, 0.2) is 6.61 Å². The number of para-hydroxylation sites is 1. The van der Waals surface area contributed by atoms with Crippen LogP contribution in [0.5, 0.6) is 0 Å². The van der Waals surface area contributed by atoms with Gasteiger partial charge in [-0.15, -0.1) is 11.3 Å². The highest BCUT2D eigenvalue weighted by Crippen LogP contribution is 2.21. The van der Waals surface area contributed by atoms with Crippen molar-refractivity contribution in [2.75, 3.05) is 19.8 Å². The van der Waals surface area contributed by atoms with Crippen molar-refractivity contribution in [3.8, 4) is 0 Å². The summed E-state index contributed by atoms with van der Waals surface area (Å²) in [5, 5.41) is 4.16. The molecule has 1 heterocycles. The number of aromatic nitrogens is 1. The number of amides is 1. The minimum absolute atomic E-state index is 0.224. The average molecular weight is 419 g/mol. The van der Waals surface area contributed by atoms with Crippen molar-refractivity contribution < 1.29 is 19.1 Å². The van der Waals surface area contributed by atoms with E-state index < -0.39 is 5.97 Å². The molecule has 1 aromatic heterocycles. The second kappa shape index (κ2) is 10.2. The lowest BCUT2D eigenvalue weighted by atomic mass is 10.1. The van der Waals surface area contributed by atoms with Gasteiger partial charge in [-0.05, 0) is 36.2 Å². The highest BCUT2D eigenvalue weighted by atomic mass is 35.5. The molecule has 0 unspecified atom stereocenters. The Hall–Kier alpha value is -2.48. The Morgan fingerprint density at radius 3 is 2.64 bits per heavy atom. The molecule has 2 aromatic carbocycles. The lowest BCUT2D eigenvalue weighted by molar-refractivity contribution is -0.153. The second-order valence-corrected chi connectivity index (χ2v) is 7.51. The van der Waals surface area contributed by atoms with Gasteiger partial charge in [-0.1, -0.05) is 35.9 Å². The van der Waals surface area contributed by atoms with E-state index in [1.54, 1.807) is 12.1 Å². The maximum Gasteiger partial charge on any atom is 0.332 e. The van der Waals surface area contributed by atoms with Gasteiger partial charge in [0.05, 0.1) is 16.8 Å². The first kappa shape index (κ1) is 20.3. The Morgan fingerprint density at radius 2 is 1.86 bits per heavy atom. The van der Waals surface area contributed by atoms with E-state index in [9.17, 15) is 9.59 Å². The molecule has 3 aromatic rings. The number of hydrogen-bond donors (Lipinski definition) is 1. The summed E-state index contributed by atoms with van der Waals surface area (Å²) in [6, 6.07) is 15.2. The zero-order chi connectivity index (χ0) is 19.8. The zero-order valence-electron chi connectivity index (χ0n) is 15.0. The van der Waals surface area contributed by atoms with E-state index >= 15 is 0 Å². The number of rotatable bonds is 9. The number of benzene rings is 2. The molecule has 28 heavy (non-hydrogen) atoms. The number of ether oxygens (including phenoxy) is 2. The quantitative estimate of drug-likeness (QED) is 0.539. The molecule has 0 bridgehead atoms. The maximum atomic E-state index is 11.7. The lowest BCUT2D eigenvalue weighted by Crippen LogP contribution is -2.31. The summed E-state index contributed by atoms with van der Waals surface area (Å²) < 4.78 is 11.3. The summed E-state index contributed by atoms with van der Waals surface area (Å²) in [4.78, 5) is 27.8. The first-order valence-electron chi connectivity index (χ1n) is 8.69. The van der Waals surface area contributed by atoms with Gasteiger partial charge in [0.2, 0.25) is 0 Å². The summed E-state index contributed by atoms with van der Waals surface area (Å²) in [6.07, 6.45) is 0.669. The molecule has 0 radical (unpaired) electrons. The molecule has 0 aliphatic carbocycles. The number of thiazole rings is 1. The fourth-order valence-electron chi connectivity index (χ4n) is 2.44. The highest BCUT2D eigenvalue weighted by molar-refractivity contribution is 7.18. The van der Waals surface area contributed by atoms with Gasteiger partial charge in [-0.25, -0.2) is 9.78 Å². The van der Waals surface area contributed by atoms with Crippen molar-refractivity contribution in [1.29, 1.82) is 0 Å². The monoisotopic (exact) mass is 418 g/mol. The van der Waals surface area contributed by atoms with E-state index in [0.717, 1.165) is 20.8 Å². The number of nitrogens with one attached hydrogen (secondary N) is 1. The Bertz CT molecular complexity index is 910. The minimum Gasteiger partial charge on any atom is -0.454 e. The van der Waals surface area contributed by atoms with E-state index in [0.29, 0.717) is 18.0 Å². The Balaban J connectivity index is 1.29. The lowest BCUT2D eigenvalue weighted by Gasteiger charge is -2.07. The van der Waals surface area contributed by atoms with Gasteiger partial charge in [0.25, 0.3) is 5.91 Å². The summed E-state index contributed by atoms with van der Waals surface area (Å²) in [5.74, 6) is -0.942. The molecule has 1 amide bonds. The smallest absolute Gasteiger partial charge is 0.332 e. The van der Waals surface area contributed by atoms with Gasteiger partial charge in [0, 0.05) is 11.6 Å². The van der Waals surface area contributed by atoms with E-state index in [-0.39, 0.29) is 25.7 Å². The molecule has 1 N–H and O–H groups in total. The van der Waals surface area contributed by atoms with E-state index in [2.05, 4.69) is 10.3 Å². The average Bonchev–Trinajstić information content (AvgIpc) is 3.11. The van der Waals surface area contributed by atoms with Crippen LogP contribution in [-0.2, 0) is 32.1 Å². The van der Waals surface area contributed by atoms with Crippen LogP contribution in [0.1, 0.15) is 10.6 Å². The SMILES string of the molecule is O=C(COC(=O)COCc1nc2ccccc2s1)NCCc1ccc(Cl)cc1. The fraction of sp³-hybridized carbons (Fsp3) is 0.250. The number of carbonyl (C=O) groups is 2. The van der Waals surface area contributed by atoms with Crippen LogP contribution in [0.25, 0.3) is 10.2 Å². The number of hydrogen-bond acceptors (Lipinski definition) is 6. The molecule has 8 heteroatoms. The Kier molecular flexibility index (Phi) is 7.36. The van der Waals surface area contributed by atoms with E-state index in [1.807, 2.05) is 36.4 Å². The van der Waals surface area contributed by atoms with Crippen LogP contribution in [-0.4, -0.2) is 36.6 Å². The third-order valence-electron chi connectivity index (χ3n) is 3.80. The molecule has 0 saturated heterocycles. The molecule has 6 nitrogen and oxygen atoms in total. The first-order chi connectivity index (χ1) is 13.6. The van der Waals surface area contributed by atoms with Crippen LogP contribution < -0.4 is 5.32 Å². The van der Waals surface area contributed by atoms with Gasteiger partial charge < -0.3 is 14.8 Å². The molecular formula is C20H19ClN2O4S. The standard InChI is InChI=1S/C20H19ClN2O4S/c21-15-7-5-14(6-8-15)9-10-22-18(24)11-27-20(25)13-26-12-19-23-16-3-1-2-4-17(16)28-19/h1-8H,9-13H2,(H,22,24). The summed E-state index contributed by atoms with van der Waals surface area (Å²) >= 11 is 7.34. The largest absolute Gasteiger partial charge is 0.454 e. The Labute approximate surface area is 171 Å². The number of fused-ring (bicyclic) bond motifs is 1. The minimum atomic E-state index is -0.589. The number of carbonyl (C=O) groups excluding carboxylic acids is 2. The third-order valence-corrected chi connectivity index (χ3v) is 5.06. The molecule has 146 valence electrons. The second-order valence-electron chi connectivity index (χ2n) is 5.96. The molecule has 3 rings (SSSR count). The first-order valence-corrected chi connectivity index (χ1v) is 9.88. The van der Waals surface area contributed by atoms with Crippen molar-refractivity contribution >= 4 is 45.0 Å². The van der Waals surface area contributed by atoms with E-state index in [4.69, 9.17) is 21.1 Å². The van der Waals surface area contributed by atoms with Crippen molar-refractivity contribution in [2.24, 2.45) is 0 Å². The summed E-state index contributed by atoms with van der Waals surface area (Å²) in [5.41, 5.74) is 1.97. The van der Waals surface area contributed by atoms with Crippen LogP contribution in [0, 0.1) is 0 Å². The van der Waals surface area contributed by atoms with E-state index in [1.165, 1.54) is 11.3 Å². The van der Waals surface area contributed by atoms with Crippen molar-refractivity contribution in [3.05, 3.63) is 64.1 Å². The fourth-order valence-corrected chi connectivity index (χ4v) is 3.47. The molecule has 0 atom stereocenters. The molecular weight excluding hydrogens is 400 g/mol. The van der Waals surface area contributed by atoms with Crippen molar-refractivity contribution in [2.45, 2.75) is 13.0 Å². The predicted octanol–water partition coefficient (Wildman–Crippen LogP) is 3.37. The Morgan fingerprint density at radius 1 is 1.07 bits per heavy atom. The number of esters is 1. The summed E-state index contributed by atoms with van der Waals surface area (Å²) in [7, 11) is 0. The molecule has 0 aliphatic rings. The highest BCUT2D eigenvalue weighted by Gasteiger charge is 2.09. The van der Waals surface area contributed by atoms with Gasteiger partial charge in [-0.2, -0.15) is 0 Å². The van der Waals surface area contributed by atoms with Gasteiger partial charge in [-0.3, -0.25) is 4.79 Å². The van der Waals surface area contributed by atoms with Crippen LogP contribution in [0.2, 0.25) is 5.02 Å². The van der Waals surface area contributed by atoms with Crippen LogP contribution in [0.4, 0.5) is 0 Å². The summed E-state index contributed by atoms with van der Waals surface area (Å²) in [6.45, 7) is 0.117. The third kappa shape index (κ3) is 6.30. The molecule has 0 fully saturated rings. The van der Waals surface area contributed by atoms with Crippen molar-refractivity contribution in [1.82, 2.24) is 10.3 Å². The maximum absolute atomic E-state index is 11.7. The predicted molar refractivity (Wildman–Crippen MR) is 108 cm³/mol. The van der Waals surface area contributed by atoms with Crippen LogP contribution >= 0.6 is 22.9 Å². The molecule has 0 aliphatic heterocycles. The zero-order valence-corrected chi connectivity index (χ0v) is 16.6. The van der Waals surface area contributed by atoms with Crippen molar-refractivity contribution in [3.63, 3.8) is 0 Å². The normalized spacial score (nSPS) is 10.8. The van der Waals surface area contributed by atoms with Crippen LogP contribution in [0.3, 0.4) is 0 Å². The molecule has 0 spiro atoms.